The van der Waals surface area contributed by atoms with E-state index in [1.54, 1.807) is 0 Å². The highest BCUT2D eigenvalue weighted by Gasteiger charge is 2.22. The third kappa shape index (κ3) is 40.6. The first-order valence-electron chi connectivity index (χ1n) is 13.3. The lowest BCUT2D eigenvalue weighted by Crippen LogP contribution is -2.01. The van der Waals surface area contributed by atoms with E-state index < -0.39 is 0 Å². The number of rotatable bonds is 6. The molecule has 0 nitrogen and oxygen atoms in total. The first kappa shape index (κ1) is 38.6. The predicted octanol–water partition coefficient (Wildman–Crippen LogP) is 11.4. The van der Waals surface area contributed by atoms with Crippen LogP contribution in [-0.4, -0.2) is 0 Å². The third-order valence-electron chi connectivity index (χ3n) is 4.92. The summed E-state index contributed by atoms with van der Waals surface area (Å²) in [5.41, 5.74) is 0. The Labute approximate surface area is 185 Å². The van der Waals surface area contributed by atoms with Crippen LogP contribution in [-0.2, 0) is 0 Å². The van der Waals surface area contributed by atoms with E-state index in [0.717, 1.165) is 29.6 Å². The van der Waals surface area contributed by atoms with Crippen molar-refractivity contribution < 1.29 is 0 Å². The minimum Gasteiger partial charge on any atom is -0.0683 e. The zero-order valence-electron chi connectivity index (χ0n) is 23.5. The van der Waals surface area contributed by atoms with Gasteiger partial charge in [-0.2, -0.15) is 0 Å². The molecule has 0 aromatic carbocycles. The van der Waals surface area contributed by atoms with Gasteiger partial charge in [0.25, 0.3) is 0 Å². The van der Waals surface area contributed by atoms with Crippen LogP contribution >= 0.6 is 0 Å². The van der Waals surface area contributed by atoms with Crippen molar-refractivity contribution in [1.29, 1.82) is 0 Å². The average molecular weight is 403 g/mol. The monoisotopic (exact) mass is 403 g/mol. The summed E-state index contributed by atoms with van der Waals surface area (Å²) in [5.74, 6) is 4.83. The lowest BCUT2D eigenvalue weighted by Gasteiger charge is -2.14. The normalized spacial score (nSPS) is 17.9. The van der Waals surface area contributed by atoms with Crippen LogP contribution in [0.25, 0.3) is 0 Å². The fourth-order valence-corrected chi connectivity index (χ4v) is 2.85. The summed E-state index contributed by atoms with van der Waals surface area (Å²) in [4.78, 5) is 0. The maximum absolute atomic E-state index is 2.40. The van der Waals surface area contributed by atoms with Crippen molar-refractivity contribution in [1.82, 2.24) is 0 Å². The van der Waals surface area contributed by atoms with E-state index in [1.165, 1.54) is 51.4 Å². The van der Waals surface area contributed by atoms with Crippen LogP contribution in [0, 0.1) is 29.6 Å². The van der Waals surface area contributed by atoms with E-state index in [-0.39, 0.29) is 0 Å². The molecule has 0 N–H and O–H groups in total. The van der Waals surface area contributed by atoms with Crippen molar-refractivity contribution in [3.63, 3.8) is 0 Å². The Morgan fingerprint density at radius 1 is 0.679 bits per heavy atom. The van der Waals surface area contributed by atoms with Crippen molar-refractivity contribution in [3.05, 3.63) is 0 Å². The summed E-state index contributed by atoms with van der Waals surface area (Å²) in [6, 6.07) is 0. The highest BCUT2D eigenvalue weighted by atomic mass is 14.3. The Morgan fingerprint density at radius 2 is 1.11 bits per heavy atom. The maximum atomic E-state index is 2.40. The van der Waals surface area contributed by atoms with Crippen LogP contribution < -0.4 is 0 Å². The zero-order valence-corrected chi connectivity index (χ0v) is 23.5. The molecule has 0 saturated heterocycles. The summed E-state index contributed by atoms with van der Waals surface area (Å²) in [7, 11) is 0. The molecule has 0 spiro atoms. The summed E-state index contributed by atoms with van der Waals surface area (Å²) >= 11 is 0. The fourth-order valence-electron chi connectivity index (χ4n) is 2.85. The predicted molar refractivity (Wildman–Crippen MR) is 139 cm³/mol. The lowest BCUT2D eigenvalue weighted by atomic mass is 9.92. The molecule has 1 saturated carbocycles. The third-order valence-corrected chi connectivity index (χ3v) is 4.92. The fraction of sp³-hybridized carbons (Fsp3) is 1.00. The summed E-state index contributed by atoms with van der Waals surface area (Å²) in [6.07, 6.45) is 11.4. The number of hydrogen-bond acceptors (Lipinski definition) is 0. The van der Waals surface area contributed by atoms with Gasteiger partial charge in [-0.3, -0.25) is 0 Å². The molecule has 0 amide bonds. The summed E-state index contributed by atoms with van der Waals surface area (Å²) in [5, 5.41) is 0. The van der Waals surface area contributed by atoms with E-state index in [9.17, 15) is 0 Å². The van der Waals surface area contributed by atoms with Gasteiger partial charge in [0.2, 0.25) is 0 Å². The lowest BCUT2D eigenvalue weighted by molar-refractivity contribution is 0.381. The molecule has 28 heavy (non-hydrogen) atoms. The zero-order chi connectivity index (χ0) is 23.5. The van der Waals surface area contributed by atoms with Crippen molar-refractivity contribution >= 4 is 0 Å². The largest absolute Gasteiger partial charge is 0.0683 e. The quantitative estimate of drug-likeness (QED) is 0.414. The van der Waals surface area contributed by atoms with Crippen LogP contribution in [0.5, 0.6) is 0 Å². The van der Waals surface area contributed by atoms with E-state index in [0.29, 0.717) is 0 Å². The first-order valence-corrected chi connectivity index (χ1v) is 13.3. The second-order valence-electron chi connectivity index (χ2n) is 8.52. The molecule has 1 rings (SSSR count). The van der Waals surface area contributed by atoms with Gasteiger partial charge >= 0.3 is 0 Å². The Morgan fingerprint density at radius 3 is 1.29 bits per heavy atom. The van der Waals surface area contributed by atoms with Gasteiger partial charge in [0, 0.05) is 0 Å². The molecule has 0 aliphatic heterocycles. The topological polar surface area (TPSA) is 0 Å². The molecule has 0 radical (unpaired) electrons. The summed E-state index contributed by atoms with van der Waals surface area (Å²) < 4.78 is 0. The van der Waals surface area contributed by atoms with Crippen molar-refractivity contribution in [2.75, 3.05) is 0 Å². The van der Waals surface area contributed by atoms with Gasteiger partial charge in [0.15, 0.2) is 0 Å². The Bertz CT molecular complexity index is 204. The molecule has 0 bridgehead atoms. The highest BCUT2D eigenvalue weighted by molar-refractivity contribution is 4.73. The molecule has 0 aromatic rings. The van der Waals surface area contributed by atoms with Gasteiger partial charge in [0.1, 0.15) is 0 Å². The molecule has 3 unspecified atom stereocenters. The molecule has 1 aliphatic rings. The average Bonchev–Trinajstić information content (AvgIpc) is 3.11. The second kappa shape index (κ2) is 34.5. The maximum Gasteiger partial charge on any atom is -0.0409 e. The Hall–Kier alpha value is 0. The van der Waals surface area contributed by atoms with Gasteiger partial charge in [-0.1, -0.05) is 142 Å². The van der Waals surface area contributed by atoms with Crippen LogP contribution in [0.3, 0.4) is 0 Å². The van der Waals surface area contributed by atoms with Crippen molar-refractivity contribution in [2.24, 2.45) is 29.6 Å². The van der Waals surface area contributed by atoms with Crippen LogP contribution in [0.15, 0.2) is 0 Å². The SMILES string of the molecule is CC.CC.CC.CCC(C)C.CCC(C)CC1CCC(C)C1.CCCC(C)C. The van der Waals surface area contributed by atoms with Gasteiger partial charge in [0.05, 0.1) is 0 Å². The van der Waals surface area contributed by atoms with Gasteiger partial charge in [-0.05, 0) is 42.4 Å². The van der Waals surface area contributed by atoms with E-state index in [4.69, 9.17) is 0 Å². The molecular weight excluding hydrogens is 336 g/mol. The Balaban J connectivity index is -0.0000000892. The van der Waals surface area contributed by atoms with Crippen LogP contribution in [0.4, 0.5) is 0 Å². The van der Waals surface area contributed by atoms with Gasteiger partial charge in [-0.25, -0.2) is 0 Å². The molecule has 1 fully saturated rings. The minimum atomic E-state index is 0.884. The smallest absolute Gasteiger partial charge is 0.0409 e. The Kier molecular flexibility index (Phi) is 47.5. The van der Waals surface area contributed by atoms with Gasteiger partial charge < -0.3 is 0 Å². The molecule has 1 aliphatic carbocycles. The molecule has 0 aromatic heterocycles. The van der Waals surface area contributed by atoms with Crippen LogP contribution in [0.1, 0.15) is 155 Å². The molecule has 0 heterocycles. The van der Waals surface area contributed by atoms with E-state index in [2.05, 4.69) is 62.3 Å². The minimum absolute atomic E-state index is 0.884. The van der Waals surface area contributed by atoms with Crippen LogP contribution in [0.2, 0.25) is 0 Å². The summed E-state index contributed by atoms with van der Waals surface area (Å²) in [6.45, 7) is 32.5. The van der Waals surface area contributed by atoms with Crippen molar-refractivity contribution in [3.8, 4) is 0 Å². The second-order valence-corrected chi connectivity index (χ2v) is 8.52. The molecule has 3 atom stereocenters. The van der Waals surface area contributed by atoms with Gasteiger partial charge in [-0.15, -0.1) is 0 Å². The number of hydrogen-bond donors (Lipinski definition) is 0. The van der Waals surface area contributed by atoms with E-state index >= 15 is 0 Å². The van der Waals surface area contributed by atoms with Crippen molar-refractivity contribution in [2.45, 2.75) is 155 Å². The highest BCUT2D eigenvalue weighted by Crippen LogP contribution is 2.34. The molecular formula is C28H66. The molecule has 178 valence electrons. The first-order chi connectivity index (χ1) is 13.3. The van der Waals surface area contributed by atoms with E-state index in [1.807, 2.05) is 41.5 Å². The standard InChI is InChI=1S/C11H22.C6H14.C5H12.3C2H6/c1-4-9(2)7-11-6-5-10(3)8-11;1-4-5-6(2)3;1-4-5(2)3;3*1-2/h9-11H,4-8H2,1-3H3;6H,4-5H2,1-3H3;5H,4H2,1-3H3;3*1-2H3. The molecule has 0 heteroatoms.